The van der Waals surface area contributed by atoms with E-state index in [1.807, 2.05) is 0 Å². The van der Waals surface area contributed by atoms with E-state index >= 15 is 0 Å². The van der Waals surface area contributed by atoms with Crippen molar-refractivity contribution in [3.8, 4) is 0 Å². The largest absolute Gasteiger partial charge is 0.416 e. The Balaban J connectivity index is 1.75. The summed E-state index contributed by atoms with van der Waals surface area (Å²) in [5.74, 6) is -0.339. The van der Waals surface area contributed by atoms with Gasteiger partial charge < -0.3 is 0 Å². The molecular formula is C15H14F3N3O2S. The molecule has 0 saturated heterocycles. The zero-order valence-electron chi connectivity index (χ0n) is 12.5. The highest BCUT2D eigenvalue weighted by Crippen LogP contribution is 2.29. The number of sulfonamides is 1. The fraction of sp³-hybridized carbons (Fsp3) is 0.333. The fourth-order valence-electron chi connectivity index (χ4n) is 2.57. The molecule has 0 bridgehead atoms. The number of hydrogen-bond acceptors (Lipinski definition) is 4. The van der Waals surface area contributed by atoms with Crippen LogP contribution in [0.4, 0.5) is 13.2 Å². The maximum Gasteiger partial charge on any atom is 0.416 e. The number of hydrogen-bond donors (Lipinski definition) is 0. The minimum atomic E-state index is -4.44. The third kappa shape index (κ3) is 3.57. The Bertz CT molecular complexity index is 836. The minimum Gasteiger partial charge on any atom is -0.244 e. The van der Waals surface area contributed by atoms with Crippen molar-refractivity contribution in [1.82, 2.24) is 14.3 Å². The van der Waals surface area contributed by atoms with Crippen LogP contribution in [-0.2, 0) is 34.9 Å². The van der Waals surface area contributed by atoms with Gasteiger partial charge in [0.05, 0.1) is 11.3 Å². The summed E-state index contributed by atoms with van der Waals surface area (Å²) < 4.78 is 64.0. The molecule has 1 aliphatic heterocycles. The van der Waals surface area contributed by atoms with E-state index in [1.165, 1.54) is 22.8 Å². The third-order valence-electron chi connectivity index (χ3n) is 3.85. The lowest BCUT2D eigenvalue weighted by Crippen LogP contribution is -2.37. The monoisotopic (exact) mass is 357 g/mol. The van der Waals surface area contributed by atoms with Crippen LogP contribution in [0.15, 0.2) is 36.8 Å². The summed E-state index contributed by atoms with van der Waals surface area (Å²) >= 11 is 0. The molecule has 5 nitrogen and oxygen atoms in total. The van der Waals surface area contributed by atoms with E-state index in [4.69, 9.17) is 0 Å². The average molecular weight is 357 g/mol. The Morgan fingerprint density at radius 3 is 2.54 bits per heavy atom. The molecule has 2 heterocycles. The second-order valence-electron chi connectivity index (χ2n) is 5.53. The van der Waals surface area contributed by atoms with Gasteiger partial charge in [-0.2, -0.15) is 17.5 Å². The van der Waals surface area contributed by atoms with Gasteiger partial charge in [0.15, 0.2) is 0 Å². The Morgan fingerprint density at radius 2 is 1.88 bits per heavy atom. The van der Waals surface area contributed by atoms with Gasteiger partial charge in [0.2, 0.25) is 10.0 Å². The van der Waals surface area contributed by atoms with Gasteiger partial charge >= 0.3 is 6.18 Å². The zero-order valence-corrected chi connectivity index (χ0v) is 13.3. The quantitative estimate of drug-likeness (QED) is 0.846. The van der Waals surface area contributed by atoms with Crippen LogP contribution >= 0.6 is 0 Å². The van der Waals surface area contributed by atoms with E-state index in [0.29, 0.717) is 18.5 Å². The van der Waals surface area contributed by atoms with Crippen molar-refractivity contribution in [3.63, 3.8) is 0 Å². The molecule has 2 aromatic rings. The van der Waals surface area contributed by atoms with Crippen molar-refractivity contribution in [2.24, 2.45) is 0 Å². The van der Waals surface area contributed by atoms with Crippen LogP contribution in [0.25, 0.3) is 0 Å². The highest BCUT2D eigenvalue weighted by Gasteiger charge is 2.31. The predicted octanol–water partition coefficient (Wildman–Crippen LogP) is 2.38. The number of fused-ring (bicyclic) bond motifs is 1. The summed E-state index contributed by atoms with van der Waals surface area (Å²) in [7, 11) is -3.63. The van der Waals surface area contributed by atoms with Crippen LogP contribution in [0.3, 0.4) is 0 Å². The Kier molecular flexibility index (Phi) is 4.31. The van der Waals surface area contributed by atoms with Crippen LogP contribution in [0.5, 0.6) is 0 Å². The molecule has 0 amide bonds. The van der Waals surface area contributed by atoms with E-state index < -0.39 is 21.8 Å². The molecule has 1 aromatic heterocycles. The first-order valence-corrected chi connectivity index (χ1v) is 8.78. The predicted molar refractivity (Wildman–Crippen MR) is 80.2 cm³/mol. The van der Waals surface area contributed by atoms with Crippen molar-refractivity contribution >= 4 is 10.0 Å². The van der Waals surface area contributed by atoms with Gasteiger partial charge in [-0.15, -0.1) is 0 Å². The van der Waals surface area contributed by atoms with Crippen molar-refractivity contribution < 1.29 is 21.6 Å². The van der Waals surface area contributed by atoms with Crippen molar-refractivity contribution in [1.29, 1.82) is 0 Å². The van der Waals surface area contributed by atoms with Crippen molar-refractivity contribution in [3.05, 3.63) is 59.2 Å². The van der Waals surface area contributed by atoms with E-state index in [2.05, 4.69) is 9.97 Å². The summed E-state index contributed by atoms with van der Waals surface area (Å²) in [4.78, 5) is 8.01. The van der Waals surface area contributed by atoms with Gasteiger partial charge in [0.1, 0.15) is 6.33 Å². The van der Waals surface area contributed by atoms with Gasteiger partial charge in [0, 0.05) is 37.0 Å². The molecule has 0 atom stereocenters. The number of halogens is 3. The first-order chi connectivity index (χ1) is 11.3. The molecular weight excluding hydrogens is 343 g/mol. The zero-order chi connectivity index (χ0) is 17.4. The normalized spacial score (nSPS) is 16.0. The van der Waals surface area contributed by atoms with E-state index in [1.54, 1.807) is 6.20 Å². The first-order valence-electron chi connectivity index (χ1n) is 7.17. The minimum absolute atomic E-state index is 0.180. The number of benzene rings is 1. The van der Waals surface area contributed by atoms with E-state index in [-0.39, 0.29) is 12.3 Å². The molecule has 0 aliphatic carbocycles. The lowest BCUT2D eigenvalue weighted by Gasteiger charge is -2.27. The second kappa shape index (κ2) is 6.14. The molecule has 1 aromatic carbocycles. The summed E-state index contributed by atoms with van der Waals surface area (Å²) in [6, 6.07) is 4.18. The molecule has 0 spiro atoms. The Morgan fingerprint density at radius 1 is 1.17 bits per heavy atom. The topological polar surface area (TPSA) is 63.2 Å². The lowest BCUT2D eigenvalue weighted by molar-refractivity contribution is -0.137. The third-order valence-corrected chi connectivity index (χ3v) is 5.65. The molecule has 3 rings (SSSR count). The standard InChI is InChI=1S/C15H14F3N3O2S/c16-15(17,18)13-3-1-11(2-4-13)9-24(22,23)21-6-5-14-12(8-21)7-19-10-20-14/h1-4,7,10H,5-6,8-9H2. The lowest BCUT2D eigenvalue weighted by atomic mass is 10.1. The van der Waals surface area contributed by atoms with Gasteiger partial charge in [-0.05, 0) is 17.7 Å². The molecule has 0 radical (unpaired) electrons. The molecule has 128 valence electrons. The van der Waals surface area contributed by atoms with Gasteiger partial charge in [-0.3, -0.25) is 0 Å². The highest BCUT2D eigenvalue weighted by molar-refractivity contribution is 7.88. The van der Waals surface area contributed by atoms with Gasteiger partial charge in [-0.25, -0.2) is 18.4 Å². The summed E-state index contributed by atoms with van der Waals surface area (Å²) in [5.41, 5.74) is 1.09. The maximum atomic E-state index is 12.6. The smallest absolute Gasteiger partial charge is 0.244 e. The van der Waals surface area contributed by atoms with Crippen LogP contribution in [-0.4, -0.2) is 29.2 Å². The van der Waals surface area contributed by atoms with Gasteiger partial charge in [-0.1, -0.05) is 12.1 Å². The number of alkyl halides is 3. The van der Waals surface area contributed by atoms with Crippen LogP contribution in [0.2, 0.25) is 0 Å². The van der Waals surface area contributed by atoms with Crippen LogP contribution in [0, 0.1) is 0 Å². The van der Waals surface area contributed by atoms with E-state index in [9.17, 15) is 21.6 Å². The molecule has 0 unspecified atom stereocenters. The molecule has 0 N–H and O–H groups in total. The Hall–Kier alpha value is -2.00. The van der Waals surface area contributed by atoms with E-state index in [0.717, 1.165) is 23.4 Å². The molecule has 0 fully saturated rings. The molecule has 0 saturated carbocycles. The Labute approximate surface area is 137 Å². The van der Waals surface area contributed by atoms with Gasteiger partial charge in [0.25, 0.3) is 0 Å². The SMILES string of the molecule is O=S(=O)(Cc1ccc(C(F)(F)F)cc1)N1CCc2ncncc2C1. The highest BCUT2D eigenvalue weighted by atomic mass is 32.2. The fourth-order valence-corrected chi connectivity index (χ4v) is 4.07. The van der Waals surface area contributed by atoms with Crippen LogP contribution in [0.1, 0.15) is 22.4 Å². The maximum absolute atomic E-state index is 12.6. The van der Waals surface area contributed by atoms with Crippen LogP contribution < -0.4 is 0 Å². The second-order valence-corrected chi connectivity index (χ2v) is 7.50. The molecule has 24 heavy (non-hydrogen) atoms. The summed E-state index contributed by atoms with van der Waals surface area (Å²) in [5, 5.41) is 0. The van der Waals surface area contributed by atoms with Crippen molar-refractivity contribution in [2.75, 3.05) is 6.54 Å². The first kappa shape index (κ1) is 16.8. The number of nitrogens with zero attached hydrogens (tertiary/aromatic N) is 3. The number of aromatic nitrogens is 2. The summed E-state index contributed by atoms with van der Waals surface area (Å²) in [6.45, 7) is 0.478. The summed E-state index contributed by atoms with van der Waals surface area (Å²) in [6.07, 6.45) is -0.939. The van der Waals surface area contributed by atoms with Crippen molar-refractivity contribution in [2.45, 2.75) is 24.9 Å². The number of rotatable bonds is 3. The molecule has 1 aliphatic rings. The molecule has 9 heteroatoms. The average Bonchev–Trinajstić information content (AvgIpc) is 2.53.